The summed E-state index contributed by atoms with van der Waals surface area (Å²) < 4.78 is 23.8. The lowest BCUT2D eigenvalue weighted by atomic mass is 10.2. The van der Waals surface area contributed by atoms with Crippen LogP contribution in [-0.2, 0) is 0 Å². The van der Waals surface area contributed by atoms with Gasteiger partial charge in [0.1, 0.15) is 23.9 Å². The topological polar surface area (TPSA) is 30.5 Å². The maximum Gasteiger partial charge on any atom is 0.125 e. The standard InChI is InChI=1S/C16H18FNO2/c1-12-9-13(17)11-14(10-12)18-7-8-20-16-5-3-15(19-2)4-6-16/h3-6,9-11,18H,7-8H2,1-2H3. The van der Waals surface area contributed by atoms with Crippen molar-refractivity contribution in [2.24, 2.45) is 0 Å². The van der Waals surface area contributed by atoms with Gasteiger partial charge < -0.3 is 14.8 Å². The average Bonchev–Trinajstić information content (AvgIpc) is 2.43. The lowest BCUT2D eigenvalue weighted by Crippen LogP contribution is -2.11. The molecular weight excluding hydrogens is 257 g/mol. The maximum absolute atomic E-state index is 13.2. The molecule has 0 saturated heterocycles. The highest BCUT2D eigenvalue weighted by Crippen LogP contribution is 2.17. The van der Waals surface area contributed by atoms with Crippen LogP contribution in [0.15, 0.2) is 42.5 Å². The van der Waals surface area contributed by atoms with Crippen molar-refractivity contribution in [2.45, 2.75) is 6.92 Å². The summed E-state index contributed by atoms with van der Waals surface area (Å²) in [5.74, 6) is 1.34. The van der Waals surface area contributed by atoms with E-state index in [2.05, 4.69) is 5.32 Å². The summed E-state index contributed by atoms with van der Waals surface area (Å²) in [6, 6.07) is 12.3. The Labute approximate surface area is 118 Å². The molecule has 0 saturated carbocycles. The van der Waals surface area contributed by atoms with E-state index in [1.807, 2.05) is 37.3 Å². The van der Waals surface area contributed by atoms with Gasteiger partial charge in [-0.15, -0.1) is 0 Å². The van der Waals surface area contributed by atoms with Crippen LogP contribution in [0.5, 0.6) is 11.5 Å². The van der Waals surface area contributed by atoms with E-state index in [0.29, 0.717) is 13.2 Å². The predicted octanol–water partition coefficient (Wildman–Crippen LogP) is 3.63. The number of benzene rings is 2. The fourth-order valence-corrected chi connectivity index (χ4v) is 1.87. The number of hydrogen-bond acceptors (Lipinski definition) is 3. The first kappa shape index (κ1) is 14.2. The van der Waals surface area contributed by atoms with Crippen LogP contribution in [0.1, 0.15) is 5.56 Å². The summed E-state index contributed by atoms with van der Waals surface area (Å²) >= 11 is 0. The summed E-state index contributed by atoms with van der Waals surface area (Å²) in [5.41, 5.74) is 1.66. The van der Waals surface area contributed by atoms with E-state index in [4.69, 9.17) is 9.47 Å². The van der Waals surface area contributed by atoms with Crippen molar-refractivity contribution in [3.05, 3.63) is 53.8 Å². The van der Waals surface area contributed by atoms with Crippen molar-refractivity contribution in [1.82, 2.24) is 0 Å². The molecule has 0 aliphatic heterocycles. The SMILES string of the molecule is COc1ccc(OCCNc2cc(C)cc(F)c2)cc1. The molecule has 3 nitrogen and oxygen atoms in total. The van der Waals surface area contributed by atoms with Crippen LogP contribution in [0.3, 0.4) is 0 Å². The fourth-order valence-electron chi connectivity index (χ4n) is 1.87. The van der Waals surface area contributed by atoms with E-state index in [1.165, 1.54) is 12.1 Å². The number of methoxy groups -OCH3 is 1. The fraction of sp³-hybridized carbons (Fsp3) is 0.250. The highest BCUT2D eigenvalue weighted by molar-refractivity contribution is 5.45. The van der Waals surface area contributed by atoms with Gasteiger partial charge in [0.25, 0.3) is 0 Å². The summed E-state index contributed by atoms with van der Waals surface area (Å²) in [5, 5.41) is 3.13. The van der Waals surface area contributed by atoms with E-state index in [-0.39, 0.29) is 5.82 Å². The number of halogens is 1. The molecule has 0 fully saturated rings. The first-order chi connectivity index (χ1) is 9.67. The maximum atomic E-state index is 13.2. The summed E-state index contributed by atoms with van der Waals surface area (Å²) in [7, 11) is 1.63. The van der Waals surface area contributed by atoms with Gasteiger partial charge in [0.15, 0.2) is 0 Å². The Kier molecular flexibility index (Phi) is 4.82. The molecule has 0 bridgehead atoms. The third-order valence-corrected chi connectivity index (χ3v) is 2.80. The van der Waals surface area contributed by atoms with Crippen LogP contribution in [0.4, 0.5) is 10.1 Å². The van der Waals surface area contributed by atoms with Gasteiger partial charge in [0.05, 0.1) is 7.11 Å². The number of rotatable bonds is 6. The molecule has 0 unspecified atom stereocenters. The van der Waals surface area contributed by atoms with Crippen molar-refractivity contribution < 1.29 is 13.9 Å². The molecule has 0 aliphatic carbocycles. The molecule has 4 heteroatoms. The Balaban J connectivity index is 1.78. The van der Waals surface area contributed by atoms with Gasteiger partial charge in [-0.3, -0.25) is 0 Å². The molecule has 2 aromatic carbocycles. The first-order valence-corrected chi connectivity index (χ1v) is 6.45. The average molecular weight is 275 g/mol. The molecule has 20 heavy (non-hydrogen) atoms. The molecular formula is C16H18FNO2. The van der Waals surface area contributed by atoms with Crippen LogP contribution in [0.25, 0.3) is 0 Å². The van der Waals surface area contributed by atoms with Crippen LogP contribution >= 0.6 is 0 Å². The minimum Gasteiger partial charge on any atom is -0.497 e. The molecule has 0 amide bonds. The Morgan fingerprint density at radius 3 is 2.40 bits per heavy atom. The van der Waals surface area contributed by atoms with Gasteiger partial charge in [-0.2, -0.15) is 0 Å². The normalized spacial score (nSPS) is 10.2. The van der Waals surface area contributed by atoms with E-state index in [0.717, 1.165) is 22.7 Å². The van der Waals surface area contributed by atoms with Crippen LogP contribution in [-0.4, -0.2) is 20.3 Å². The summed E-state index contributed by atoms with van der Waals surface area (Å²) in [4.78, 5) is 0. The van der Waals surface area contributed by atoms with Crippen LogP contribution in [0, 0.1) is 12.7 Å². The van der Waals surface area contributed by atoms with Gasteiger partial charge in [-0.1, -0.05) is 0 Å². The van der Waals surface area contributed by atoms with E-state index < -0.39 is 0 Å². The molecule has 0 spiro atoms. The lowest BCUT2D eigenvalue weighted by molar-refractivity contribution is 0.331. The monoisotopic (exact) mass is 275 g/mol. The van der Waals surface area contributed by atoms with Gasteiger partial charge in [-0.25, -0.2) is 4.39 Å². The van der Waals surface area contributed by atoms with Gasteiger partial charge >= 0.3 is 0 Å². The minimum atomic E-state index is -0.233. The van der Waals surface area contributed by atoms with Crippen molar-refractivity contribution in [2.75, 3.05) is 25.6 Å². The molecule has 2 aromatic rings. The smallest absolute Gasteiger partial charge is 0.125 e. The molecule has 1 N–H and O–H groups in total. The van der Waals surface area contributed by atoms with E-state index in [9.17, 15) is 4.39 Å². The summed E-state index contributed by atoms with van der Waals surface area (Å²) in [6.45, 7) is 2.97. The number of nitrogens with one attached hydrogen (secondary N) is 1. The van der Waals surface area contributed by atoms with Gasteiger partial charge in [0, 0.05) is 12.2 Å². The second kappa shape index (κ2) is 6.80. The Hall–Kier alpha value is -2.23. The first-order valence-electron chi connectivity index (χ1n) is 6.45. The number of anilines is 1. The van der Waals surface area contributed by atoms with Crippen molar-refractivity contribution in [3.63, 3.8) is 0 Å². The lowest BCUT2D eigenvalue weighted by Gasteiger charge is -2.10. The molecule has 2 rings (SSSR count). The highest BCUT2D eigenvalue weighted by Gasteiger charge is 1.98. The van der Waals surface area contributed by atoms with Crippen molar-refractivity contribution >= 4 is 5.69 Å². The molecule has 106 valence electrons. The Morgan fingerprint density at radius 2 is 1.75 bits per heavy atom. The largest absolute Gasteiger partial charge is 0.497 e. The van der Waals surface area contributed by atoms with Crippen LogP contribution in [0.2, 0.25) is 0 Å². The van der Waals surface area contributed by atoms with Gasteiger partial charge in [-0.05, 0) is 55.0 Å². The molecule has 0 aromatic heterocycles. The van der Waals surface area contributed by atoms with Gasteiger partial charge in [0.2, 0.25) is 0 Å². The zero-order valence-corrected chi connectivity index (χ0v) is 11.7. The van der Waals surface area contributed by atoms with Crippen molar-refractivity contribution in [3.8, 4) is 11.5 Å². The van der Waals surface area contributed by atoms with Crippen molar-refractivity contribution in [1.29, 1.82) is 0 Å². The number of hydrogen-bond donors (Lipinski definition) is 1. The zero-order valence-electron chi connectivity index (χ0n) is 11.7. The molecule has 0 radical (unpaired) electrons. The Morgan fingerprint density at radius 1 is 1.05 bits per heavy atom. The molecule has 0 atom stereocenters. The summed E-state index contributed by atoms with van der Waals surface area (Å²) in [6.07, 6.45) is 0. The second-order valence-electron chi connectivity index (χ2n) is 4.47. The Bertz CT molecular complexity index is 535. The molecule has 0 heterocycles. The minimum absolute atomic E-state index is 0.233. The third-order valence-electron chi connectivity index (χ3n) is 2.80. The number of aryl methyl sites for hydroxylation is 1. The predicted molar refractivity (Wildman–Crippen MR) is 78.1 cm³/mol. The van der Waals surface area contributed by atoms with Crippen LogP contribution < -0.4 is 14.8 Å². The third kappa shape index (κ3) is 4.16. The zero-order chi connectivity index (χ0) is 14.4. The molecule has 0 aliphatic rings. The second-order valence-corrected chi connectivity index (χ2v) is 4.47. The number of ether oxygens (including phenoxy) is 2. The highest BCUT2D eigenvalue weighted by atomic mass is 19.1. The van der Waals surface area contributed by atoms with E-state index in [1.54, 1.807) is 7.11 Å². The van der Waals surface area contributed by atoms with E-state index >= 15 is 0 Å². The quantitative estimate of drug-likeness (QED) is 0.817.